The minimum absolute atomic E-state index is 0.446. The summed E-state index contributed by atoms with van der Waals surface area (Å²) in [6.45, 7) is 0. The van der Waals surface area contributed by atoms with Crippen LogP contribution in [0.3, 0.4) is 0 Å². The van der Waals surface area contributed by atoms with Crippen molar-refractivity contribution in [3.63, 3.8) is 0 Å². The van der Waals surface area contributed by atoms with Crippen LogP contribution in [0.2, 0.25) is 0 Å². The maximum atomic E-state index is 8.84. The number of rotatable bonds is 2. The summed E-state index contributed by atoms with van der Waals surface area (Å²) < 4.78 is 0. The monoisotopic (exact) mass is 210 g/mol. The molecule has 4 nitrogen and oxygen atoms in total. The molecule has 0 atom stereocenters. The third-order valence-corrected chi connectivity index (χ3v) is 2.18. The van der Waals surface area contributed by atoms with Gasteiger partial charge in [-0.25, -0.2) is 9.97 Å². The van der Waals surface area contributed by atoms with E-state index in [1.807, 2.05) is 36.4 Å². The van der Waals surface area contributed by atoms with Gasteiger partial charge in [0, 0.05) is 12.6 Å². The first-order valence-corrected chi connectivity index (χ1v) is 4.85. The van der Waals surface area contributed by atoms with Crippen molar-refractivity contribution in [1.82, 2.24) is 9.97 Å². The molecule has 16 heavy (non-hydrogen) atoms. The average molecular weight is 210 g/mol. The van der Waals surface area contributed by atoms with Crippen molar-refractivity contribution in [3.8, 4) is 17.5 Å². The SMILES string of the molecule is CNc1nc(-c2ccccc2)ncc1C#N. The van der Waals surface area contributed by atoms with Gasteiger partial charge >= 0.3 is 0 Å². The molecule has 0 spiro atoms. The van der Waals surface area contributed by atoms with Crippen molar-refractivity contribution in [1.29, 1.82) is 5.26 Å². The molecule has 0 unspecified atom stereocenters. The highest BCUT2D eigenvalue weighted by molar-refractivity contribution is 5.60. The molecule has 0 fully saturated rings. The number of anilines is 1. The largest absolute Gasteiger partial charge is 0.372 e. The summed E-state index contributed by atoms with van der Waals surface area (Å²) in [6, 6.07) is 11.7. The van der Waals surface area contributed by atoms with Crippen molar-refractivity contribution >= 4 is 5.82 Å². The Balaban J connectivity index is 2.49. The summed E-state index contributed by atoms with van der Waals surface area (Å²) >= 11 is 0. The minimum atomic E-state index is 0.446. The van der Waals surface area contributed by atoms with Gasteiger partial charge in [0.05, 0.1) is 6.20 Å². The lowest BCUT2D eigenvalue weighted by atomic mass is 10.2. The summed E-state index contributed by atoms with van der Waals surface area (Å²) in [4.78, 5) is 8.44. The number of nitriles is 1. The highest BCUT2D eigenvalue weighted by Crippen LogP contribution is 2.17. The van der Waals surface area contributed by atoms with Crippen molar-refractivity contribution in [3.05, 3.63) is 42.1 Å². The van der Waals surface area contributed by atoms with Crippen LogP contribution in [0.15, 0.2) is 36.5 Å². The Morgan fingerprint density at radius 1 is 1.25 bits per heavy atom. The molecule has 2 aromatic rings. The highest BCUT2D eigenvalue weighted by atomic mass is 15.0. The first kappa shape index (κ1) is 10.1. The molecule has 0 aliphatic carbocycles. The number of nitrogens with zero attached hydrogens (tertiary/aromatic N) is 3. The van der Waals surface area contributed by atoms with Gasteiger partial charge in [-0.1, -0.05) is 30.3 Å². The van der Waals surface area contributed by atoms with E-state index in [1.54, 1.807) is 7.05 Å². The molecule has 1 aromatic heterocycles. The molecular formula is C12H10N4. The summed E-state index contributed by atoms with van der Waals surface area (Å²) in [5.41, 5.74) is 1.38. The predicted octanol–water partition coefficient (Wildman–Crippen LogP) is 2.06. The van der Waals surface area contributed by atoms with Crippen LogP contribution in [0.5, 0.6) is 0 Å². The maximum absolute atomic E-state index is 8.84. The Labute approximate surface area is 93.6 Å². The standard InChI is InChI=1S/C12H10N4/c1-14-11-10(7-13)8-15-12(16-11)9-5-3-2-4-6-9/h2-6,8H,1H3,(H,14,15,16). The molecule has 4 heteroatoms. The van der Waals surface area contributed by atoms with E-state index >= 15 is 0 Å². The lowest BCUT2D eigenvalue weighted by Crippen LogP contribution is -1.99. The third kappa shape index (κ3) is 1.84. The Hall–Kier alpha value is -2.41. The zero-order valence-electron chi connectivity index (χ0n) is 8.81. The molecule has 0 radical (unpaired) electrons. The van der Waals surface area contributed by atoms with Crippen molar-refractivity contribution in [2.75, 3.05) is 12.4 Å². The van der Waals surface area contributed by atoms with E-state index < -0.39 is 0 Å². The van der Waals surface area contributed by atoms with E-state index in [2.05, 4.69) is 15.3 Å². The molecular weight excluding hydrogens is 200 g/mol. The first-order chi connectivity index (χ1) is 7.85. The fourth-order valence-electron chi connectivity index (χ4n) is 1.38. The molecule has 0 aliphatic heterocycles. The minimum Gasteiger partial charge on any atom is -0.372 e. The van der Waals surface area contributed by atoms with Gasteiger partial charge in [0.25, 0.3) is 0 Å². The second-order valence-electron chi connectivity index (χ2n) is 3.18. The maximum Gasteiger partial charge on any atom is 0.161 e. The first-order valence-electron chi connectivity index (χ1n) is 4.85. The van der Waals surface area contributed by atoms with E-state index in [9.17, 15) is 0 Å². The van der Waals surface area contributed by atoms with E-state index in [4.69, 9.17) is 5.26 Å². The van der Waals surface area contributed by atoms with Gasteiger partial charge in [0.2, 0.25) is 0 Å². The number of benzene rings is 1. The zero-order valence-corrected chi connectivity index (χ0v) is 8.81. The van der Waals surface area contributed by atoms with Crippen LogP contribution in [-0.2, 0) is 0 Å². The van der Waals surface area contributed by atoms with Crippen LogP contribution < -0.4 is 5.32 Å². The molecule has 2 rings (SSSR count). The number of hydrogen-bond donors (Lipinski definition) is 1. The quantitative estimate of drug-likeness (QED) is 0.824. The summed E-state index contributed by atoms with van der Waals surface area (Å²) in [7, 11) is 1.73. The van der Waals surface area contributed by atoms with Crippen LogP contribution >= 0.6 is 0 Å². The van der Waals surface area contributed by atoms with Crippen molar-refractivity contribution in [2.24, 2.45) is 0 Å². The summed E-state index contributed by atoms with van der Waals surface area (Å²) in [6.07, 6.45) is 1.53. The molecule has 0 bridgehead atoms. The van der Waals surface area contributed by atoms with Crippen LogP contribution in [0.4, 0.5) is 5.82 Å². The fraction of sp³-hybridized carbons (Fsp3) is 0.0833. The van der Waals surface area contributed by atoms with E-state index in [0.717, 1.165) is 5.56 Å². The Bertz CT molecular complexity index is 528. The van der Waals surface area contributed by atoms with E-state index in [0.29, 0.717) is 17.2 Å². The number of nitrogens with one attached hydrogen (secondary N) is 1. The Morgan fingerprint density at radius 3 is 2.62 bits per heavy atom. The smallest absolute Gasteiger partial charge is 0.161 e. The third-order valence-electron chi connectivity index (χ3n) is 2.18. The van der Waals surface area contributed by atoms with Gasteiger partial charge in [-0.3, -0.25) is 0 Å². The normalized spacial score (nSPS) is 9.50. The average Bonchev–Trinajstić information content (AvgIpc) is 2.39. The van der Waals surface area contributed by atoms with Gasteiger partial charge in [0.15, 0.2) is 5.82 Å². The molecule has 1 N–H and O–H groups in total. The van der Waals surface area contributed by atoms with Gasteiger partial charge in [-0.05, 0) is 0 Å². The van der Waals surface area contributed by atoms with Gasteiger partial charge in [0.1, 0.15) is 17.5 Å². The Morgan fingerprint density at radius 2 is 2.00 bits per heavy atom. The van der Waals surface area contributed by atoms with Crippen molar-refractivity contribution < 1.29 is 0 Å². The molecule has 1 heterocycles. The topological polar surface area (TPSA) is 61.6 Å². The van der Waals surface area contributed by atoms with Crippen molar-refractivity contribution in [2.45, 2.75) is 0 Å². The van der Waals surface area contributed by atoms with Crippen LogP contribution in [0, 0.1) is 11.3 Å². The number of aromatic nitrogens is 2. The predicted molar refractivity (Wildman–Crippen MR) is 61.7 cm³/mol. The van der Waals surface area contributed by atoms with Gasteiger partial charge in [-0.15, -0.1) is 0 Å². The molecule has 0 amide bonds. The Kier molecular flexibility index (Phi) is 2.79. The fourth-order valence-corrected chi connectivity index (χ4v) is 1.38. The van der Waals surface area contributed by atoms with E-state index in [-0.39, 0.29) is 0 Å². The van der Waals surface area contributed by atoms with Crippen LogP contribution in [0.1, 0.15) is 5.56 Å². The van der Waals surface area contributed by atoms with Gasteiger partial charge in [-0.2, -0.15) is 5.26 Å². The molecule has 0 saturated carbocycles. The molecule has 0 saturated heterocycles. The number of hydrogen-bond acceptors (Lipinski definition) is 4. The van der Waals surface area contributed by atoms with Gasteiger partial charge < -0.3 is 5.32 Å². The second kappa shape index (κ2) is 4.41. The molecule has 0 aliphatic rings. The zero-order chi connectivity index (χ0) is 11.4. The lowest BCUT2D eigenvalue weighted by Gasteiger charge is -2.04. The second-order valence-corrected chi connectivity index (χ2v) is 3.18. The molecule has 78 valence electrons. The summed E-state index contributed by atoms with van der Waals surface area (Å²) in [5.74, 6) is 1.17. The molecule has 1 aromatic carbocycles. The van der Waals surface area contributed by atoms with Crippen LogP contribution in [0.25, 0.3) is 11.4 Å². The van der Waals surface area contributed by atoms with E-state index in [1.165, 1.54) is 6.20 Å². The van der Waals surface area contributed by atoms with Crippen LogP contribution in [-0.4, -0.2) is 17.0 Å². The summed E-state index contributed by atoms with van der Waals surface area (Å²) in [5, 5.41) is 11.7. The lowest BCUT2D eigenvalue weighted by molar-refractivity contribution is 1.15. The highest BCUT2D eigenvalue weighted by Gasteiger charge is 2.06.